The van der Waals surface area contributed by atoms with E-state index in [0.717, 1.165) is 43.9 Å². The summed E-state index contributed by atoms with van der Waals surface area (Å²) in [4.78, 5) is 36.0. The third-order valence-electron chi connectivity index (χ3n) is 6.40. The van der Waals surface area contributed by atoms with Gasteiger partial charge in [-0.15, -0.1) is 0 Å². The summed E-state index contributed by atoms with van der Waals surface area (Å²) in [7, 11) is 0. The molecule has 4 heterocycles. The van der Waals surface area contributed by atoms with Crippen molar-refractivity contribution in [1.29, 1.82) is 0 Å². The number of aliphatic carboxylic acids is 1. The highest BCUT2D eigenvalue weighted by Gasteiger charge is 2.38. The number of fused-ring (bicyclic) bond motifs is 1. The van der Waals surface area contributed by atoms with Crippen LogP contribution in [0.4, 0.5) is 13.2 Å². The number of aromatic nitrogens is 4. The van der Waals surface area contributed by atoms with E-state index in [1.54, 1.807) is 0 Å². The van der Waals surface area contributed by atoms with Crippen molar-refractivity contribution in [3.63, 3.8) is 0 Å². The SMILES string of the molecule is CC(C)N1CCN(C(=O)c2nc(-c3cn(Cc4ccccc4)cn3)n3ccccc23)CC1.O=C(O)C(F)(F)F. The van der Waals surface area contributed by atoms with Gasteiger partial charge in [0.05, 0.1) is 11.8 Å². The number of amides is 1. The van der Waals surface area contributed by atoms with Crippen LogP contribution in [0.15, 0.2) is 67.3 Å². The second-order valence-corrected chi connectivity index (χ2v) is 9.38. The smallest absolute Gasteiger partial charge is 0.475 e. The molecular weight excluding hydrogens is 513 g/mol. The number of hydrogen-bond acceptors (Lipinski definition) is 5. The molecule has 12 heteroatoms. The zero-order chi connectivity index (χ0) is 28.2. The molecule has 4 aromatic rings. The van der Waals surface area contributed by atoms with Crippen molar-refractivity contribution >= 4 is 17.4 Å². The Labute approximate surface area is 223 Å². The molecule has 0 unspecified atom stereocenters. The molecule has 5 rings (SSSR count). The maximum Gasteiger partial charge on any atom is 0.490 e. The summed E-state index contributed by atoms with van der Waals surface area (Å²) in [5.74, 6) is -2.07. The zero-order valence-corrected chi connectivity index (χ0v) is 21.5. The molecule has 0 aliphatic carbocycles. The van der Waals surface area contributed by atoms with Gasteiger partial charge in [0.2, 0.25) is 0 Å². The van der Waals surface area contributed by atoms with Gasteiger partial charge < -0.3 is 14.6 Å². The number of rotatable bonds is 5. The lowest BCUT2D eigenvalue weighted by Crippen LogP contribution is -2.50. The largest absolute Gasteiger partial charge is 0.490 e. The number of carboxylic acid groups (broad SMARTS) is 1. The molecule has 0 radical (unpaired) electrons. The standard InChI is InChI=1S/C25H28N6O.C2HF3O2/c1-19(2)29-12-14-30(15-13-29)25(32)23-22-10-6-7-11-31(22)24(27-23)21-17-28(18-26-21)16-20-8-4-3-5-9-20;3-2(4,5)1(6)7/h3-11,17-19H,12-16H2,1-2H3;(H,6,7). The Hall–Kier alpha value is -4.19. The Morgan fingerprint density at radius 2 is 1.64 bits per heavy atom. The van der Waals surface area contributed by atoms with Crippen molar-refractivity contribution in [2.75, 3.05) is 26.2 Å². The van der Waals surface area contributed by atoms with Crippen molar-refractivity contribution in [2.45, 2.75) is 32.6 Å². The van der Waals surface area contributed by atoms with Crippen LogP contribution in [-0.4, -0.2) is 84.1 Å². The van der Waals surface area contributed by atoms with Crippen LogP contribution in [0.5, 0.6) is 0 Å². The highest BCUT2D eigenvalue weighted by Crippen LogP contribution is 2.23. The summed E-state index contributed by atoms with van der Waals surface area (Å²) in [6.45, 7) is 8.38. The number of carboxylic acids is 1. The van der Waals surface area contributed by atoms with Gasteiger partial charge in [0.25, 0.3) is 5.91 Å². The molecule has 1 fully saturated rings. The van der Waals surface area contributed by atoms with E-state index in [-0.39, 0.29) is 5.91 Å². The minimum absolute atomic E-state index is 0.00734. The molecule has 206 valence electrons. The Morgan fingerprint density at radius 1 is 1.00 bits per heavy atom. The van der Waals surface area contributed by atoms with Crippen LogP contribution >= 0.6 is 0 Å². The van der Waals surface area contributed by atoms with Crippen molar-refractivity contribution in [1.82, 2.24) is 28.7 Å². The van der Waals surface area contributed by atoms with Gasteiger partial charge in [-0.3, -0.25) is 14.1 Å². The molecular formula is C27H29F3N6O3. The van der Waals surface area contributed by atoms with Gasteiger partial charge in [-0.1, -0.05) is 36.4 Å². The molecule has 39 heavy (non-hydrogen) atoms. The third-order valence-corrected chi connectivity index (χ3v) is 6.40. The van der Waals surface area contributed by atoms with Crippen LogP contribution in [0, 0.1) is 0 Å². The lowest BCUT2D eigenvalue weighted by Gasteiger charge is -2.36. The molecule has 1 N–H and O–H groups in total. The molecule has 0 saturated carbocycles. The predicted octanol–water partition coefficient (Wildman–Crippen LogP) is 4.05. The zero-order valence-electron chi connectivity index (χ0n) is 21.5. The highest BCUT2D eigenvalue weighted by molar-refractivity contribution is 6.00. The Kier molecular flexibility index (Phi) is 8.34. The average molecular weight is 543 g/mol. The van der Waals surface area contributed by atoms with Crippen LogP contribution in [0.2, 0.25) is 0 Å². The van der Waals surface area contributed by atoms with E-state index in [1.165, 1.54) is 5.56 Å². The van der Waals surface area contributed by atoms with Crippen molar-refractivity contribution in [2.24, 2.45) is 0 Å². The number of halogens is 3. The van der Waals surface area contributed by atoms with E-state index < -0.39 is 12.1 Å². The first-order chi connectivity index (χ1) is 18.5. The van der Waals surface area contributed by atoms with E-state index >= 15 is 0 Å². The molecule has 0 bridgehead atoms. The minimum Gasteiger partial charge on any atom is -0.475 e. The molecule has 1 amide bonds. The molecule has 3 aromatic heterocycles. The van der Waals surface area contributed by atoms with Crippen molar-refractivity contribution < 1.29 is 27.9 Å². The fourth-order valence-corrected chi connectivity index (χ4v) is 4.32. The Bertz CT molecular complexity index is 1420. The van der Waals surface area contributed by atoms with E-state index in [0.29, 0.717) is 17.6 Å². The number of benzene rings is 1. The van der Waals surface area contributed by atoms with Crippen LogP contribution in [0.3, 0.4) is 0 Å². The second-order valence-electron chi connectivity index (χ2n) is 9.38. The first-order valence-corrected chi connectivity index (χ1v) is 12.4. The minimum atomic E-state index is -5.08. The second kappa shape index (κ2) is 11.7. The molecule has 1 aliphatic heterocycles. The first kappa shape index (κ1) is 27.8. The normalized spacial score (nSPS) is 14.4. The number of pyridine rings is 1. The number of piperazine rings is 1. The average Bonchev–Trinajstić information content (AvgIpc) is 3.53. The molecule has 1 saturated heterocycles. The molecule has 9 nitrogen and oxygen atoms in total. The van der Waals surface area contributed by atoms with E-state index in [1.807, 2.05) is 69.0 Å². The number of carbonyl (C=O) groups is 2. The fourth-order valence-electron chi connectivity index (χ4n) is 4.32. The van der Waals surface area contributed by atoms with Gasteiger partial charge >= 0.3 is 12.1 Å². The quantitative estimate of drug-likeness (QED) is 0.409. The van der Waals surface area contributed by atoms with E-state index in [4.69, 9.17) is 14.9 Å². The number of carbonyl (C=O) groups excluding carboxylic acids is 1. The number of nitrogens with zero attached hydrogens (tertiary/aromatic N) is 6. The third kappa shape index (κ3) is 6.63. The van der Waals surface area contributed by atoms with E-state index in [9.17, 15) is 18.0 Å². The molecule has 0 spiro atoms. The topological polar surface area (TPSA) is 96.0 Å². The maximum atomic E-state index is 13.4. The van der Waals surface area contributed by atoms with Gasteiger partial charge in [0, 0.05) is 51.2 Å². The summed E-state index contributed by atoms with van der Waals surface area (Å²) < 4.78 is 35.7. The summed E-state index contributed by atoms with van der Waals surface area (Å²) >= 11 is 0. The highest BCUT2D eigenvalue weighted by atomic mass is 19.4. The van der Waals surface area contributed by atoms with Crippen LogP contribution in [0.25, 0.3) is 17.0 Å². The first-order valence-electron chi connectivity index (χ1n) is 12.4. The van der Waals surface area contributed by atoms with Crippen molar-refractivity contribution in [3.8, 4) is 11.5 Å². The molecule has 0 atom stereocenters. The van der Waals surface area contributed by atoms with E-state index in [2.05, 4.69) is 35.9 Å². The van der Waals surface area contributed by atoms with Gasteiger partial charge in [-0.05, 0) is 31.5 Å². The summed E-state index contributed by atoms with van der Waals surface area (Å²) in [6, 6.07) is 16.6. The van der Waals surface area contributed by atoms with Gasteiger partial charge in [0.15, 0.2) is 11.5 Å². The van der Waals surface area contributed by atoms with Crippen LogP contribution in [0.1, 0.15) is 29.9 Å². The predicted molar refractivity (Wildman–Crippen MR) is 138 cm³/mol. The van der Waals surface area contributed by atoms with Crippen molar-refractivity contribution in [3.05, 3.63) is 78.5 Å². The monoisotopic (exact) mass is 542 g/mol. The lowest BCUT2D eigenvalue weighted by atomic mass is 10.2. The fraction of sp³-hybridized carbons (Fsp3) is 0.333. The Morgan fingerprint density at radius 3 is 2.26 bits per heavy atom. The molecule has 1 aromatic carbocycles. The number of imidazole rings is 2. The van der Waals surface area contributed by atoms with Crippen LogP contribution in [-0.2, 0) is 11.3 Å². The van der Waals surface area contributed by atoms with Gasteiger partial charge in [-0.2, -0.15) is 13.2 Å². The van der Waals surface area contributed by atoms with Crippen LogP contribution < -0.4 is 0 Å². The lowest BCUT2D eigenvalue weighted by molar-refractivity contribution is -0.192. The Balaban J connectivity index is 0.000000448. The number of alkyl halides is 3. The summed E-state index contributed by atoms with van der Waals surface area (Å²) in [5, 5.41) is 7.12. The summed E-state index contributed by atoms with van der Waals surface area (Å²) in [5.41, 5.74) is 3.28. The maximum absolute atomic E-state index is 13.4. The van der Waals surface area contributed by atoms with Gasteiger partial charge in [0.1, 0.15) is 5.69 Å². The summed E-state index contributed by atoms with van der Waals surface area (Å²) in [6.07, 6.45) is 0.671. The number of hydrogen-bond donors (Lipinski definition) is 1. The molecule has 1 aliphatic rings. The van der Waals surface area contributed by atoms with Gasteiger partial charge in [-0.25, -0.2) is 14.8 Å².